The van der Waals surface area contributed by atoms with E-state index in [9.17, 15) is 9.59 Å². The molecule has 1 aromatic carbocycles. The molecule has 0 aliphatic heterocycles. The lowest BCUT2D eigenvalue weighted by molar-refractivity contribution is -0.142. The van der Waals surface area contributed by atoms with Gasteiger partial charge < -0.3 is 9.47 Å². The standard InChI is InChI=1S/C18H20Cl2N2O4/c1-18(2,3)26-17(24)22-9-12(21-10-22)8-13(16(23)25-4)11-5-6-14(19)15(20)7-11/h5-7,9-10,13H,8H2,1-4H3. The number of nitrogens with zero attached hydrogens (tertiary/aromatic N) is 2. The molecule has 0 aliphatic rings. The predicted molar refractivity (Wildman–Crippen MR) is 98.8 cm³/mol. The molecule has 1 heterocycles. The summed E-state index contributed by atoms with van der Waals surface area (Å²) in [5, 5.41) is 0.741. The number of hydrogen-bond acceptors (Lipinski definition) is 5. The van der Waals surface area contributed by atoms with Gasteiger partial charge in [-0.2, -0.15) is 0 Å². The Hall–Kier alpha value is -2.05. The van der Waals surface area contributed by atoms with Crippen LogP contribution < -0.4 is 0 Å². The third-order valence-electron chi connectivity index (χ3n) is 3.49. The fourth-order valence-corrected chi connectivity index (χ4v) is 2.61. The van der Waals surface area contributed by atoms with Gasteiger partial charge in [-0.1, -0.05) is 29.3 Å². The summed E-state index contributed by atoms with van der Waals surface area (Å²) in [7, 11) is 1.31. The zero-order valence-corrected chi connectivity index (χ0v) is 16.5. The average Bonchev–Trinajstić information content (AvgIpc) is 3.02. The molecule has 26 heavy (non-hydrogen) atoms. The minimum atomic E-state index is -0.628. The van der Waals surface area contributed by atoms with Crippen molar-refractivity contribution in [2.24, 2.45) is 0 Å². The number of esters is 1. The molecule has 6 nitrogen and oxygen atoms in total. The summed E-state index contributed by atoms with van der Waals surface area (Å²) < 4.78 is 11.4. The van der Waals surface area contributed by atoms with Gasteiger partial charge in [0.2, 0.25) is 0 Å². The van der Waals surface area contributed by atoms with Gasteiger partial charge in [0, 0.05) is 12.6 Å². The van der Waals surface area contributed by atoms with Gasteiger partial charge in [-0.3, -0.25) is 4.79 Å². The molecule has 0 spiro atoms. The van der Waals surface area contributed by atoms with Crippen LogP contribution in [0.25, 0.3) is 0 Å². The number of carbonyl (C=O) groups is 2. The molecule has 1 aromatic heterocycles. The first-order valence-corrected chi connectivity index (χ1v) is 8.65. The fourth-order valence-electron chi connectivity index (χ4n) is 2.30. The maximum atomic E-state index is 12.2. The molecule has 2 rings (SSSR count). The summed E-state index contributed by atoms with van der Waals surface area (Å²) in [6, 6.07) is 4.95. The van der Waals surface area contributed by atoms with Gasteiger partial charge in [-0.15, -0.1) is 0 Å². The Morgan fingerprint density at radius 2 is 1.92 bits per heavy atom. The largest absolute Gasteiger partial charge is 0.469 e. The van der Waals surface area contributed by atoms with Crippen LogP contribution >= 0.6 is 23.2 Å². The van der Waals surface area contributed by atoms with Crippen molar-refractivity contribution in [3.63, 3.8) is 0 Å². The smallest absolute Gasteiger partial charge is 0.419 e. The summed E-state index contributed by atoms with van der Waals surface area (Å²) in [5.74, 6) is -1.06. The molecule has 0 amide bonds. The molecule has 140 valence electrons. The highest BCUT2D eigenvalue weighted by Crippen LogP contribution is 2.29. The monoisotopic (exact) mass is 398 g/mol. The van der Waals surface area contributed by atoms with Crippen molar-refractivity contribution in [3.05, 3.63) is 52.0 Å². The lowest BCUT2D eigenvalue weighted by atomic mass is 9.94. The lowest BCUT2D eigenvalue weighted by Gasteiger charge is -2.19. The molecule has 2 aromatic rings. The van der Waals surface area contributed by atoms with Gasteiger partial charge in [0.25, 0.3) is 0 Å². The van der Waals surface area contributed by atoms with Crippen LogP contribution in [0.15, 0.2) is 30.7 Å². The highest BCUT2D eigenvalue weighted by molar-refractivity contribution is 6.42. The zero-order valence-electron chi connectivity index (χ0n) is 15.0. The quantitative estimate of drug-likeness (QED) is 0.710. The first-order chi connectivity index (χ1) is 12.1. The van der Waals surface area contributed by atoms with Crippen LogP contribution in [0.3, 0.4) is 0 Å². The Morgan fingerprint density at radius 1 is 1.23 bits per heavy atom. The first kappa shape index (κ1) is 20.3. The SMILES string of the molecule is COC(=O)C(Cc1cn(C(=O)OC(C)(C)C)cn1)c1ccc(Cl)c(Cl)c1. The predicted octanol–water partition coefficient (Wildman–Crippen LogP) is 4.47. The Balaban J connectivity index is 2.23. The topological polar surface area (TPSA) is 70.4 Å². The van der Waals surface area contributed by atoms with E-state index in [0.717, 1.165) is 0 Å². The van der Waals surface area contributed by atoms with Gasteiger partial charge in [-0.25, -0.2) is 14.3 Å². The van der Waals surface area contributed by atoms with Crippen LogP contribution in [0.5, 0.6) is 0 Å². The van der Waals surface area contributed by atoms with Crippen LogP contribution in [0, 0.1) is 0 Å². The van der Waals surface area contributed by atoms with Gasteiger partial charge >= 0.3 is 12.1 Å². The number of hydrogen-bond donors (Lipinski definition) is 0. The molecule has 0 bridgehead atoms. The normalized spacial score (nSPS) is 12.5. The fraction of sp³-hybridized carbons (Fsp3) is 0.389. The van der Waals surface area contributed by atoms with Gasteiger partial charge in [0.05, 0.1) is 28.8 Å². The van der Waals surface area contributed by atoms with E-state index in [0.29, 0.717) is 21.3 Å². The highest BCUT2D eigenvalue weighted by Gasteiger charge is 2.25. The number of methoxy groups -OCH3 is 1. The molecule has 0 saturated heterocycles. The average molecular weight is 399 g/mol. The van der Waals surface area contributed by atoms with Crippen molar-refractivity contribution in [3.8, 4) is 0 Å². The third kappa shape index (κ3) is 5.22. The van der Waals surface area contributed by atoms with Crippen molar-refractivity contribution in [2.75, 3.05) is 7.11 Å². The van der Waals surface area contributed by atoms with Crippen molar-refractivity contribution < 1.29 is 19.1 Å². The lowest BCUT2D eigenvalue weighted by Crippen LogP contribution is -2.26. The van der Waals surface area contributed by atoms with Gasteiger partial charge in [0.15, 0.2) is 0 Å². The molecule has 0 saturated carbocycles. The molecule has 1 unspecified atom stereocenters. The second-order valence-electron chi connectivity index (χ2n) is 6.71. The number of benzene rings is 1. The molecular formula is C18H20Cl2N2O4. The molecule has 8 heteroatoms. The Bertz CT molecular complexity index is 812. The van der Waals surface area contributed by atoms with Crippen molar-refractivity contribution >= 4 is 35.3 Å². The Labute approximate surface area is 162 Å². The molecule has 0 N–H and O–H groups in total. The maximum Gasteiger partial charge on any atom is 0.419 e. The van der Waals surface area contributed by atoms with Crippen LogP contribution in [-0.4, -0.2) is 34.3 Å². The van der Waals surface area contributed by atoms with E-state index in [2.05, 4.69) is 4.98 Å². The van der Waals surface area contributed by atoms with Crippen molar-refractivity contribution in [1.29, 1.82) is 0 Å². The van der Waals surface area contributed by atoms with E-state index in [-0.39, 0.29) is 6.42 Å². The Morgan fingerprint density at radius 3 is 2.50 bits per heavy atom. The zero-order chi connectivity index (χ0) is 19.5. The maximum absolute atomic E-state index is 12.2. The highest BCUT2D eigenvalue weighted by atomic mass is 35.5. The van der Waals surface area contributed by atoms with E-state index in [4.69, 9.17) is 32.7 Å². The molecule has 1 atom stereocenters. The van der Waals surface area contributed by atoms with Gasteiger partial charge in [-0.05, 0) is 38.5 Å². The number of imidazole rings is 1. The second kappa shape index (κ2) is 8.10. The minimum Gasteiger partial charge on any atom is -0.469 e. The first-order valence-electron chi connectivity index (χ1n) is 7.89. The van der Waals surface area contributed by atoms with E-state index < -0.39 is 23.6 Å². The van der Waals surface area contributed by atoms with E-state index in [1.54, 1.807) is 39.0 Å². The van der Waals surface area contributed by atoms with Gasteiger partial charge in [0.1, 0.15) is 11.9 Å². The summed E-state index contributed by atoms with van der Waals surface area (Å²) >= 11 is 12.0. The van der Waals surface area contributed by atoms with E-state index >= 15 is 0 Å². The number of carbonyl (C=O) groups excluding carboxylic acids is 2. The van der Waals surface area contributed by atoms with Crippen LogP contribution in [0.2, 0.25) is 10.0 Å². The second-order valence-corrected chi connectivity index (χ2v) is 7.52. The van der Waals surface area contributed by atoms with E-state index in [1.807, 2.05) is 0 Å². The number of halogens is 2. The molecular weight excluding hydrogens is 379 g/mol. The van der Waals surface area contributed by atoms with Crippen LogP contribution in [0.4, 0.5) is 4.79 Å². The van der Waals surface area contributed by atoms with Crippen LogP contribution in [0.1, 0.15) is 37.9 Å². The summed E-state index contributed by atoms with van der Waals surface area (Å²) in [5.41, 5.74) is 0.575. The third-order valence-corrected chi connectivity index (χ3v) is 4.22. The van der Waals surface area contributed by atoms with Crippen molar-refractivity contribution in [1.82, 2.24) is 9.55 Å². The molecule has 0 fully saturated rings. The summed E-state index contributed by atoms with van der Waals surface area (Å²) in [4.78, 5) is 28.5. The summed E-state index contributed by atoms with van der Waals surface area (Å²) in [6.45, 7) is 5.33. The summed E-state index contributed by atoms with van der Waals surface area (Å²) in [6.07, 6.45) is 2.58. The minimum absolute atomic E-state index is 0.237. The van der Waals surface area contributed by atoms with Crippen molar-refractivity contribution in [2.45, 2.75) is 38.7 Å². The van der Waals surface area contributed by atoms with Crippen LogP contribution in [-0.2, 0) is 20.7 Å². The number of ether oxygens (including phenoxy) is 2. The number of rotatable bonds is 4. The Kier molecular flexibility index (Phi) is 6.31. The molecule has 0 aliphatic carbocycles. The van der Waals surface area contributed by atoms with E-state index in [1.165, 1.54) is 24.2 Å². The molecule has 0 radical (unpaired) electrons. The number of aromatic nitrogens is 2.